The van der Waals surface area contributed by atoms with Crippen molar-refractivity contribution in [2.75, 3.05) is 0 Å². The molecule has 2 nitrogen and oxygen atoms in total. The second kappa shape index (κ2) is 7.62. The highest BCUT2D eigenvalue weighted by Crippen LogP contribution is 2.35. The van der Waals surface area contributed by atoms with Gasteiger partial charge in [0, 0.05) is 11.5 Å². The molecule has 0 heterocycles. The Morgan fingerprint density at radius 2 is 1.25 bits per heavy atom. The summed E-state index contributed by atoms with van der Waals surface area (Å²) >= 11 is 0. The van der Waals surface area contributed by atoms with Crippen LogP contribution < -0.4 is 0 Å². The molecule has 2 aromatic rings. The molecular formula is C21H26O2Si. The summed E-state index contributed by atoms with van der Waals surface area (Å²) in [6.07, 6.45) is 0. The number of benzene rings is 2. The predicted molar refractivity (Wildman–Crippen MR) is 103 cm³/mol. The lowest BCUT2D eigenvalue weighted by molar-refractivity contribution is -0.114. The lowest BCUT2D eigenvalue weighted by atomic mass is 9.82. The van der Waals surface area contributed by atoms with Crippen molar-refractivity contribution in [3.63, 3.8) is 0 Å². The van der Waals surface area contributed by atoms with Crippen LogP contribution in [0, 0.1) is 0 Å². The molecule has 0 aliphatic carbocycles. The molecule has 0 bridgehead atoms. The van der Waals surface area contributed by atoms with Crippen LogP contribution in [0.1, 0.15) is 30.9 Å². The Labute approximate surface area is 146 Å². The minimum atomic E-state index is -1.79. The lowest BCUT2D eigenvalue weighted by Gasteiger charge is -2.26. The van der Waals surface area contributed by atoms with E-state index >= 15 is 0 Å². The third-order valence-corrected chi connectivity index (χ3v) is 4.69. The molecule has 0 saturated heterocycles. The van der Waals surface area contributed by atoms with Crippen LogP contribution in [0.5, 0.6) is 0 Å². The minimum Gasteiger partial charge on any atom is -0.547 e. The van der Waals surface area contributed by atoms with Gasteiger partial charge in [-0.15, -0.1) is 0 Å². The molecule has 0 saturated carbocycles. The summed E-state index contributed by atoms with van der Waals surface area (Å²) in [5, 5.41) is 0. The number of carbonyl (C=O) groups is 1. The number of rotatable bonds is 6. The molecule has 0 atom stereocenters. The summed E-state index contributed by atoms with van der Waals surface area (Å²) in [6.45, 7) is 9.95. The van der Waals surface area contributed by atoms with Gasteiger partial charge < -0.3 is 4.43 Å². The van der Waals surface area contributed by atoms with Crippen molar-refractivity contribution >= 4 is 14.1 Å². The van der Waals surface area contributed by atoms with Crippen molar-refractivity contribution in [2.45, 2.75) is 39.4 Å². The average Bonchev–Trinajstić information content (AvgIpc) is 2.52. The second-order valence-corrected chi connectivity index (χ2v) is 11.4. The van der Waals surface area contributed by atoms with Crippen LogP contribution >= 0.6 is 0 Å². The van der Waals surface area contributed by atoms with Gasteiger partial charge >= 0.3 is 0 Å². The van der Waals surface area contributed by atoms with Crippen LogP contribution in [-0.4, -0.2) is 14.1 Å². The Morgan fingerprint density at radius 3 is 1.58 bits per heavy atom. The van der Waals surface area contributed by atoms with Gasteiger partial charge in [-0.25, -0.2) is 0 Å². The first-order chi connectivity index (χ1) is 11.3. The van der Waals surface area contributed by atoms with E-state index < -0.39 is 8.32 Å². The Kier molecular flexibility index (Phi) is 5.78. The van der Waals surface area contributed by atoms with Crippen molar-refractivity contribution in [2.24, 2.45) is 0 Å². The van der Waals surface area contributed by atoms with Crippen molar-refractivity contribution in [3.05, 3.63) is 83.1 Å². The third kappa shape index (κ3) is 4.68. The molecule has 0 unspecified atom stereocenters. The lowest BCUT2D eigenvalue weighted by Crippen LogP contribution is -2.26. The van der Waals surface area contributed by atoms with Crippen molar-refractivity contribution in [3.8, 4) is 0 Å². The first kappa shape index (κ1) is 18.2. The van der Waals surface area contributed by atoms with E-state index in [1.54, 1.807) is 6.92 Å². The fourth-order valence-electron chi connectivity index (χ4n) is 2.99. The topological polar surface area (TPSA) is 26.3 Å². The van der Waals surface area contributed by atoms with Crippen molar-refractivity contribution in [1.82, 2.24) is 0 Å². The quantitative estimate of drug-likeness (QED) is 0.393. The van der Waals surface area contributed by atoms with E-state index in [-0.39, 0.29) is 11.7 Å². The Morgan fingerprint density at radius 1 is 0.833 bits per heavy atom. The zero-order valence-electron chi connectivity index (χ0n) is 15.2. The normalized spacial score (nSPS) is 12.8. The molecule has 2 aromatic carbocycles. The van der Waals surface area contributed by atoms with Crippen molar-refractivity contribution in [1.29, 1.82) is 0 Å². The summed E-state index contributed by atoms with van der Waals surface area (Å²) in [4.78, 5) is 12.5. The highest BCUT2D eigenvalue weighted by molar-refractivity contribution is 6.70. The standard InChI is InChI=1S/C21H26O2Si/c1-16(22)20(17(2)23-24(3,4)5)21(18-12-8-6-9-13-18)19-14-10-7-11-15-19/h6-15,21H,1-5H3/b20-17+. The van der Waals surface area contributed by atoms with Crippen LogP contribution in [0.15, 0.2) is 72.0 Å². The monoisotopic (exact) mass is 338 g/mol. The van der Waals surface area contributed by atoms with E-state index in [1.807, 2.05) is 43.3 Å². The maximum Gasteiger partial charge on any atom is 0.241 e. The summed E-state index contributed by atoms with van der Waals surface area (Å²) in [5.74, 6) is 0.698. The van der Waals surface area contributed by atoms with Crippen LogP contribution in [0.4, 0.5) is 0 Å². The molecule has 3 heteroatoms. The maximum absolute atomic E-state index is 12.5. The fourth-order valence-corrected chi connectivity index (χ4v) is 4.01. The number of hydrogen-bond donors (Lipinski definition) is 0. The Hall–Kier alpha value is -2.13. The van der Waals surface area contributed by atoms with Crippen LogP contribution in [0.3, 0.4) is 0 Å². The Bertz CT molecular complexity index is 673. The molecule has 0 spiro atoms. The van der Waals surface area contributed by atoms with Crippen LogP contribution in [0.25, 0.3) is 0 Å². The smallest absolute Gasteiger partial charge is 0.241 e. The van der Waals surface area contributed by atoms with Gasteiger partial charge in [-0.05, 0) is 44.6 Å². The van der Waals surface area contributed by atoms with Gasteiger partial charge in [-0.3, -0.25) is 4.79 Å². The molecule has 0 radical (unpaired) electrons. The van der Waals surface area contributed by atoms with Gasteiger partial charge in [-0.2, -0.15) is 0 Å². The van der Waals surface area contributed by atoms with E-state index in [4.69, 9.17) is 4.43 Å². The molecule has 0 aromatic heterocycles. The van der Waals surface area contributed by atoms with Gasteiger partial charge in [0.2, 0.25) is 8.32 Å². The SMILES string of the molecule is CC(=O)/C(=C(/C)O[Si](C)(C)C)C(c1ccccc1)c1ccccc1. The number of hydrogen-bond acceptors (Lipinski definition) is 2. The number of carbonyl (C=O) groups excluding carboxylic acids is 1. The van der Waals surface area contributed by atoms with Crippen LogP contribution in [0.2, 0.25) is 19.6 Å². The van der Waals surface area contributed by atoms with Gasteiger partial charge in [0.05, 0.1) is 5.76 Å². The molecule has 0 aliphatic heterocycles. The number of allylic oxidation sites excluding steroid dienone is 2. The van der Waals surface area contributed by atoms with E-state index in [0.717, 1.165) is 22.5 Å². The summed E-state index contributed by atoms with van der Waals surface area (Å²) in [7, 11) is -1.79. The third-order valence-electron chi connectivity index (χ3n) is 3.77. The molecule has 0 fully saturated rings. The molecule has 0 amide bonds. The van der Waals surface area contributed by atoms with Gasteiger partial charge in [0.25, 0.3) is 0 Å². The first-order valence-electron chi connectivity index (χ1n) is 8.30. The maximum atomic E-state index is 12.5. The predicted octanol–water partition coefficient (Wildman–Crippen LogP) is 5.53. The zero-order chi connectivity index (χ0) is 17.7. The van der Waals surface area contributed by atoms with Gasteiger partial charge in [0.1, 0.15) is 0 Å². The second-order valence-electron chi connectivity index (χ2n) is 6.99. The molecule has 24 heavy (non-hydrogen) atoms. The van der Waals surface area contributed by atoms with E-state index in [2.05, 4.69) is 43.9 Å². The molecule has 2 rings (SSSR count). The van der Waals surface area contributed by atoms with E-state index in [9.17, 15) is 4.79 Å². The summed E-state index contributed by atoms with van der Waals surface area (Å²) in [5.41, 5.74) is 2.95. The summed E-state index contributed by atoms with van der Waals surface area (Å²) in [6, 6.07) is 20.3. The van der Waals surface area contributed by atoms with Gasteiger partial charge in [-0.1, -0.05) is 60.7 Å². The minimum absolute atomic E-state index is 0.0588. The van der Waals surface area contributed by atoms with Crippen molar-refractivity contribution < 1.29 is 9.22 Å². The van der Waals surface area contributed by atoms with Crippen LogP contribution in [-0.2, 0) is 9.22 Å². The number of ketones is 1. The fraction of sp³-hybridized carbons (Fsp3) is 0.286. The first-order valence-corrected chi connectivity index (χ1v) is 11.7. The highest BCUT2D eigenvalue weighted by Gasteiger charge is 2.27. The van der Waals surface area contributed by atoms with E-state index in [0.29, 0.717) is 0 Å². The van der Waals surface area contributed by atoms with Gasteiger partial charge in [0.15, 0.2) is 5.78 Å². The average molecular weight is 339 g/mol. The van der Waals surface area contributed by atoms with E-state index in [1.165, 1.54) is 0 Å². The molecule has 0 aliphatic rings. The highest BCUT2D eigenvalue weighted by atomic mass is 28.4. The summed E-state index contributed by atoms with van der Waals surface area (Å²) < 4.78 is 6.18. The molecule has 0 N–H and O–H groups in total. The zero-order valence-corrected chi connectivity index (χ0v) is 16.2. The Balaban J connectivity index is 2.63. The largest absolute Gasteiger partial charge is 0.547 e. The molecule has 126 valence electrons. The number of Topliss-reactive ketones (excluding diaryl/α,β-unsaturated/α-hetero) is 1. The molecular weight excluding hydrogens is 312 g/mol.